The maximum atomic E-state index is 12.1. The van der Waals surface area contributed by atoms with E-state index in [0.717, 1.165) is 6.42 Å². The Labute approximate surface area is 107 Å². The van der Waals surface area contributed by atoms with Crippen LogP contribution in [0.2, 0.25) is 0 Å². The van der Waals surface area contributed by atoms with Gasteiger partial charge in [-0.25, -0.2) is 4.79 Å². The minimum Gasteiger partial charge on any atom is -0.481 e. The molecular weight excluding hydrogens is 236 g/mol. The zero-order valence-corrected chi connectivity index (χ0v) is 11.3. The SMILES string of the molecule is COCCN(C)C(=O)N1CCCC(C)(C(=O)O)C1. The molecule has 2 amide bonds. The second kappa shape index (κ2) is 6.04. The minimum atomic E-state index is -0.834. The summed E-state index contributed by atoms with van der Waals surface area (Å²) in [5, 5.41) is 9.21. The molecule has 0 radical (unpaired) electrons. The number of ether oxygens (including phenoxy) is 1. The third-order valence-electron chi connectivity index (χ3n) is 3.44. The standard InChI is InChI=1S/C12H22N2O4/c1-12(10(15)16)5-4-6-14(9-12)11(17)13(2)7-8-18-3/h4-9H2,1-3H3,(H,15,16). The summed E-state index contributed by atoms with van der Waals surface area (Å²) in [4.78, 5) is 26.5. The summed E-state index contributed by atoms with van der Waals surface area (Å²) >= 11 is 0. The first-order valence-electron chi connectivity index (χ1n) is 6.13. The summed E-state index contributed by atoms with van der Waals surface area (Å²) in [6.07, 6.45) is 1.35. The van der Waals surface area contributed by atoms with Gasteiger partial charge >= 0.3 is 12.0 Å². The molecule has 1 aliphatic heterocycles. The van der Waals surface area contributed by atoms with Crippen molar-refractivity contribution in [1.29, 1.82) is 0 Å². The smallest absolute Gasteiger partial charge is 0.319 e. The molecule has 1 heterocycles. The van der Waals surface area contributed by atoms with Crippen LogP contribution in [0.1, 0.15) is 19.8 Å². The van der Waals surface area contributed by atoms with Crippen molar-refractivity contribution in [1.82, 2.24) is 9.80 Å². The third kappa shape index (κ3) is 3.35. The first kappa shape index (κ1) is 14.8. The molecule has 1 atom stereocenters. The largest absolute Gasteiger partial charge is 0.481 e. The Morgan fingerprint density at radius 2 is 2.17 bits per heavy atom. The average Bonchev–Trinajstić information content (AvgIpc) is 2.34. The highest BCUT2D eigenvalue weighted by Crippen LogP contribution is 2.30. The Kier molecular flexibility index (Phi) is 4.95. The van der Waals surface area contributed by atoms with Crippen LogP contribution >= 0.6 is 0 Å². The second-order valence-electron chi connectivity index (χ2n) is 5.09. The number of piperidine rings is 1. The van der Waals surface area contributed by atoms with Gasteiger partial charge in [-0.3, -0.25) is 4.79 Å². The van der Waals surface area contributed by atoms with Crippen molar-refractivity contribution >= 4 is 12.0 Å². The molecular formula is C12H22N2O4. The van der Waals surface area contributed by atoms with Crippen molar-refractivity contribution in [3.8, 4) is 0 Å². The van der Waals surface area contributed by atoms with Crippen LogP contribution in [-0.2, 0) is 9.53 Å². The number of likely N-dealkylation sites (tertiary alicyclic amines) is 1. The Bertz CT molecular complexity index is 321. The number of urea groups is 1. The molecule has 1 rings (SSSR count). The van der Waals surface area contributed by atoms with Gasteiger partial charge < -0.3 is 19.6 Å². The molecule has 6 nitrogen and oxygen atoms in total. The monoisotopic (exact) mass is 258 g/mol. The number of carbonyl (C=O) groups is 2. The molecule has 0 aromatic heterocycles. The number of rotatable bonds is 4. The number of hydrogen-bond donors (Lipinski definition) is 1. The highest BCUT2D eigenvalue weighted by molar-refractivity contribution is 5.78. The number of methoxy groups -OCH3 is 1. The first-order valence-corrected chi connectivity index (χ1v) is 6.13. The topological polar surface area (TPSA) is 70.1 Å². The van der Waals surface area contributed by atoms with E-state index >= 15 is 0 Å². The lowest BCUT2D eigenvalue weighted by Crippen LogP contribution is -2.52. The molecule has 0 aliphatic carbocycles. The quantitative estimate of drug-likeness (QED) is 0.812. The van der Waals surface area contributed by atoms with Crippen molar-refractivity contribution in [2.24, 2.45) is 5.41 Å². The maximum Gasteiger partial charge on any atom is 0.319 e. The lowest BCUT2D eigenvalue weighted by atomic mass is 9.82. The molecule has 1 aliphatic rings. The summed E-state index contributed by atoms with van der Waals surface area (Å²) in [6, 6.07) is -0.126. The number of carboxylic acid groups (broad SMARTS) is 1. The van der Waals surface area contributed by atoms with Gasteiger partial charge in [0.05, 0.1) is 12.0 Å². The molecule has 1 fully saturated rings. The van der Waals surface area contributed by atoms with Crippen LogP contribution in [0.3, 0.4) is 0 Å². The fourth-order valence-corrected chi connectivity index (χ4v) is 2.14. The van der Waals surface area contributed by atoms with Gasteiger partial charge in [-0.15, -0.1) is 0 Å². The number of carbonyl (C=O) groups excluding carboxylic acids is 1. The molecule has 0 bridgehead atoms. The van der Waals surface area contributed by atoms with Gasteiger partial charge in [0, 0.05) is 33.8 Å². The molecule has 6 heteroatoms. The number of aliphatic carboxylic acids is 1. The van der Waals surface area contributed by atoms with Crippen molar-refractivity contribution in [2.75, 3.05) is 40.4 Å². The molecule has 0 spiro atoms. The molecule has 0 aromatic rings. The van der Waals surface area contributed by atoms with Gasteiger partial charge in [0.15, 0.2) is 0 Å². The Morgan fingerprint density at radius 1 is 1.50 bits per heavy atom. The molecule has 1 saturated heterocycles. The van der Waals surface area contributed by atoms with Gasteiger partial charge in [-0.1, -0.05) is 0 Å². The zero-order chi connectivity index (χ0) is 13.8. The summed E-state index contributed by atoms with van der Waals surface area (Å²) in [5.74, 6) is -0.834. The van der Waals surface area contributed by atoms with Crippen LogP contribution in [0.4, 0.5) is 4.79 Å². The van der Waals surface area contributed by atoms with E-state index < -0.39 is 11.4 Å². The zero-order valence-electron chi connectivity index (χ0n) is 11.3. The fraction of sp³-hybridized carbons (Fsp3) is 0.833. The Morgan fingerprint density at radius 3 is 2.72 bits per heavy atom. The van der Waals surface area contributed by atoms with E-state index in [9.17, 15) is 14.7 Å². The van der Waals surface area contributed by atoms with Crippen LogP contribution < -0.4 is 0 Å². The Balaban J connectivity index is 2.61. The van der Waals surface area contributed by atoms with E-state index in [2.05, 4.69) is 0 Å². The van der Waals surface area contributed by atoms with Gasteiger partial charge in [0.2, 0.25) is 0 Å². The van der Waals surface area contributed by atoms with Gasteiger partial charge in [-0.2, -0.15) is 0 Å². The van der Waals surface area contributed by atoms with Crippen LogP contribution in [0, 0.1) is 5.41 Å². The van der Waals surface area contributed by atoms with Gasteiger partial charge in [0.1, 0.15) is 0 Å². The Hall–Kier alpha value is -1.30. The van der Waals surface area contributed by atoms with Gasteiger partial charge in [0.25, 0.3) is 0 Å². The van der Waals surface area contributed by atoms with E-state index in [1.807, 2.05) is 0 Å². The number of nitrogens with zero attached hydrogens (tertiary/aromatic N) is 2. The number of hydrogen-bond acceptors (Lipinski definition) is 3. The van der Waals surface area contributed by atoms with Crippen molar-refractivity contribution in [3.63, 3.8) is 0 Å². The fourth-order valence-electron chi connectivity index (χ4n) is 2.14. The molecule has 0 aromatic carbocycles. The van der Waals surface area contributed by atoms with E-state index in [0.29, 0.717) is 26.1 Å². The summed E-state index contributed by atoms with van der Waals surface area (Å²) in [7, 11) is 3.29. The van der Waals surface area contributed by atoms with Gasteiger partial charge in [-0.05, 0) is 19.8 Å². The molecule has 1 N–H and O–H groups in total. The van der Waals surface area contributed by atoms with E-state index in [1.54, 1.807) is 30.9 Å². The highest BCUT2D eigenvalue weighted by Gasteiger charge is 2.39. The number of amides is 2. The number of likely N-dealkylation sites (N-methyl/N-ethyl adjacent to an activating group) is 1. The minimum absolute atomic E-state index is 0.126. The van der Waals surface area contributed by atoms with Crippen LogP contribution in [-0.4, -0.2) is 67.3 Å². The van der Waals surface area contributed by atoms with E-state index in [1.165, 1.54) is 0 Å². The van der Waals surface area contributed by atoms with Crippen molar-refractivity contribution < 1.29 is 19.4 Å². The maximum absolute atomic E-state index is 12.1. The predicted octanol–water partition coefficient (Wildman–Crippen LogP) is 0.871. The number of carboxylic acids is 1. The van der Waals surface area contributed by atoms with E-state index in [4.69, 9.17) is 4.74 Å². The van der Waals surface area contributed by atoms with Crippen LogP contribution in [0.5, 0.6) is 0 Å². The van der Waals surface area contributed by atoms with Crippen molar-refractivity contribution in [2.45, 2.75) is 19.8 Å². The third-order valence-corrected chi connectivity index (χ3v) is 3.44. The van der Waals surface area contributed by atoms with Crippen LogP contribution in [0.15, 0.2) is 0 Å². The molecule has 104 valence electrons. The molecule has 18 heavy (non-hydrogen) atoms. The molecule has 1 unspecified atom stereocenters. The molecule has 0 saturated carbocycles. The first-order chi connectivity index (χ1) is 8.40. The normalized spacial score (nSPS) is 23.8. The van der Waals surface area contributed by atoms with E-state index in [-0.39, 0.29) is 12.6 Å². The second-order valence-corrected chi connectivity index (χ2v) is 5.09. The van der Waals surface area contributed by atoms with Crippen molar-refractivity contribution in [3.05, 3.63) is 0 Å². The highest BCUT2D eigenvalue weighted by atomic mass is 16.5. The predicted molar refractivity (Wildman–Crippen MR) is 66.5 cm³/mol. The average molecular weight is 258 g/mol. The summed E-state index contributed by atoms with van der Waals surface area (Å²) < 4.78 is 4.92. The van der Waals surface area contributed by atoms with Crippen LogP contribution in [0.25, 0.3) is 0 Å². The summed E-state index contributed by atoms with van der Waals surface area (Å²) in [5.41, 5.74) is -0.823. The lowest BCUT2D eigenvalue weighted by molar-refractivity contribution is -0.150. The lowest BCUT2D eigenvalue weighted by Gasteiger charge is -2.39. The summed E-state index contributed by atoms with van der Waals surface area (Å²) in [6.45, 7) is 3.59.